The van der Waals surface area contributed by atoms with E-state index in [1.807, 2.05) is 0 Å². The Labute approximate surface area is 115 Å². The van der Waals surface area contributed by atoms with Crippen LogP contribution in [0, 0.1) is 6.92 Å². The number of nitrogens with one attached hydrogen (secondary N) is 2. The highest BCUT2D eigenvalue weighted by atomic mass is 32.2. The summed E-state index contributed by atoms with van der Waals surface area (Å²) in [5.74, 6) is 0.258. The first-order valence-corrected chi connectivity index (χ1v) is 7.02. The lowest BCUT2D eigenvalue weighted by Crippen LogP contribution is -2.34. The number of carbonyl (C=O) groups excluding carboxylic acids is 1. The lowest BCUT2D eigenvalue weighted by molar-refractivity contribution is -0.116. The normalized spacial score (nSPS) is 11.8. The van der Waals surface area contributed by atoms with Crippen LogP contribution in [0.2, 0.25) is 0 Å². The number of aryl methyl sites for hydroxylation is 1. The van der Waals surface area contributed by atoms with Crippen molar-refractivity contribution in [2.75, 3.05) is 18.9 Å². The van der Waals surface area contributed by atoms with Gasteiger partial charge in [-0.15, -0.1) is 0 Å². The van der Waals surface area contributed by atoms with Gasteiger partial charge in [0.1, 0.15) is 10.7 Å². The number of rotatable bonds is 5. The molecule has 0 fully saturated rings. The van der Waals surface area contributed by atoms with E-state index in [1.54, 1.807) is 6.92 Å². The molecule has 0 unspecified atom stereocenters. The van der Waals surface area contributed by atoms with Crippen molar-refractivity contribution in [3.05, 3.63) is 24.2 Å². The van der Waals surface area contributed by atoms with E-state index in [-0.39, 0.29) is 17.3 Å². The van der Waals surface area contributed by atoms with Crippen LogP contribution >= 0.6 is 0 Å². The van der Waals surface area contributed by atoms with Crippen LogP contribution in [0.3, 0.4) is 0 Å². The summed E-state index contributed by atoms with van der Waals surface area (Å²) in [5, 5.41) is 12.0. The molecule has 0 bridgehead atoms. The van der Waals surface area contributed by atoms with Gasteiger partial charge >= 0.3 is 0 Å². The number of aromatic amines is 1. The molecule has 0 aromatic carbocycles. The topological polar surface area (TPSA) is 121 Å². The molecule has 0 radical (unpaired) electrons. The van der Waals surface area contributed by atoms with Crippen LogP contribution in [-0.4, -0.2) is 47.6 Å². The van der Waals surface area contributed by atoms with Crippen molar-refractivity contribution >= 4 is 21.7 Å². The second kappa shape index (κ2) is 5.43. The van der Waals surface area contributed by atoms with Crippen molar-refractivity contribution in [3.63, 3.8) is 0 Å². The summed E-state index contributed by atoms with van der Waals surface area (Å²) in [6.07, 6.45) is 2.41. The zero-order chi connectivity index (χ0) is 14.8. The Morgan fingerprint density at radius 3 is 2.85 bits per heavy atom. The standard InChI is InChI=1S/C10H13N5O4S/c1-7-3-9(14-19-7)13-10(16)6-15(2)20(17,18)8-4-11-12-5-8/h3-5H,6H2,1-2H3,(H,11,12)(H,13,14,16). The van der Waals surface area contributed by atoms with Gasteiger partial charge in [-0.2, -0.15) is 9.40 Å². The highest BCUT2D eigenvalue weighted by molar-refractivity contribution is 7.89. The molecule has 0 aliphatic carbocycles. The van der Waals surface area contributed by atoms with E-state index in [0.717, 1.165) is 4.31 Å². The van der Waals surface area contributed by atoms with E-state index < -0.39 is 15.9 Å². The van der Waals surface area contributed by atoms with E-state index >= 15 is 0 Å². The van der Waals surface area contributed by atoms with Crippen molar-refractivity contribution in [1.82, 2.24) is 19.7 Å². The van der Waals surface area contributed by atoms with Crippen LogP contribution in [0.25, 0.3) is 0 Å². The molecule has 10 heteroatoms. The summed E-state index contributed by atoms with van der Waals surface area (Å²) in [4.78, 5) is 11.7. The van der Waals surface area contributed by atoms with Gasteiger partial charge in [0.25, 0.3) is 0 Å². The molecular weight excluding hydrogens is 286 g/mol. The van der Waals surface area contributed by atoms with Gasteiger partial charge in [-0.05, 0) is 6.92 Å². The van der Waals surface area contributed by atoms with E-state index in [9.17, 15) is 13.2 Å². The SMILES string of the molecule is Cc1cc(NC(=O)CN(C)S(=O)(=O)c2cn[nH]c2)no1. The maximum atomic E-state index is 12.0. The second-order valence-electron chi connectivity index (χ2n) is 4.07. The third-order valence-corrected chi connectivity index (χ3v) is 4.21. The lowest BCUT2D eigenvalue weighted by Gasteiger charge is -2.14. The van der Waals surface area contributed by atoms with E-state index in [4.69, 9.17) is 4.52 Å². The fraction of sp³-hybridized carbons (Fsp3) is 0.300. The largest absolute Gasteiger partial charge is 0.360 e. The van der Waals surface area contributed by atoms with Crippen LogP contribution in [0.1, 0.15) is 5.76 Å². The molecule has 0 aliphatic heterocycles. The number of likely N-dealkylation sites (N-methyl/N-ethyl adjacent to an activating group) is 1. The minimum absolute atomic E-state index is 0.00918. The van der Waals surface area contributed by atoms with Crippen molar-refractivity contribution in [3.8, 4) is 0 Å². The predicted octanol–water partition coefficient (Wildman–Crippen LogP) is -0.0347. The number of nitrogens with zero attached hydrogens (tertiary/aromatic N) is 3. The number of aromatic nitrogens is 3. The molecule has 2 aromatic rings. The zero-order valence-electron chi connectivity index (χ0n) is 10.8. The van der Waals surface area contributed by atoms with Crippen LogP contribution in [0.15, 0.2) is 27.9 Å². The molecular formula is C10H13N5O4S. The molecule has 2 rings (SSSR count). The molecule has 1 amide bonds. The van der Waals surface area contributed by atoms with Gasteiger partial charge in [-0.1, -0.05) is 5.16 Å². The fourth-order valence-corrected chi connectivity index (χ4v) is 2.49. The Kier molecular flexibility index (Phi) is 3.86. The highest BCUT2D eigenvalue weighted by Gasteiger charge is 2.24. The molecule has 2 heterocycles. The number of sulfonamides is 1. The summed E-state index contributed by atoms with van der Waals surface area (Å²) in [6, 6.07) is 1.53. The van der Waals surface area contributed by atoms with Crippen molar-refractivity contribution in [2.45, 2.75) is 11.8 Å². The molecule has 20 heavy (non-hydrogen) atoms. The van der Waals surface area contributed by atoms with Gasteiger partial charge in [0.2, 0.25) is 15.9 Å². The monoisotopic (exact) mass is 299 g/mol. The quantitative estimate of drug-likeness (QED) is 0.799. The minimum atomic E-state index is -3.74. The Bertz CT molecular complexity index is 691. The maximum Gasteiger partial charge on any atom is 0.246 e. The molecule has 0 atom stereocenters. The smallest absolute Gasteiger partial charge is 0.246 e. The number of carbonyl (C=O) groups is 1. The van der Waals surface area contributed by atoms with Crippen LogP contribution in [0.4, 0.5) is 5.82 Å². The van der Waals surface area contributed by atoms with Crippen LogP contribution in [-0.2, 0) is 14.8 Å². The molecule has 108 valence electrons. The minimum Gasteiger partial charge on any atom is -0.360 e. The summed E-state index contributed by atoms with van der Waals surface area (Å²) in [7, 11) is -2.44. The average Bonchev–Trinajstić information content (AvgIpc) is 3.00. The summed E-state index contributed by atoms with van der Waals surface area (Å²) in [6.45, 7) is 1.33. The molecule has 0 aliphatic rings. The molecule has 2 aromatic heterocycles. The van der Waals surface area contributed by atoms with Crippen molar-refractivity contribution in [1.29, 1.82) is 0 Å². The number of anilines is 1. The molecule has 9 nitrogen and oxygen atoms in total. The maximum absolute atomic E-state index is 12.0. The van der Waals surface area contributed by atoms with Gasteiger partial charge in [-0.25, -0.2) is 8.42 Å². The number of hydrogen-bond acceptors (Lipinski definition) is 6. The summed E-state index contributed by atoms with van der Waals surface area (Å²) >= 11 is 0. The van der Waals surface area contributed by atoms with Gasteiger partial charge in [0, 0.05) is 19.3 Å². The van der Waals surface area contributed by atoms with Crippen LogP contribution < -0.4 is 5.32 Å². The summed E-state index contributed by atoms with van der Waals surface area (Å²) in [5.41, 5.74) is 0. The average molecular weight is 299 g/mol. The third kappa shape index (κ3) is 3.03. The van der Waals surface area contributed by atoms with E-state index in [2.05, 4.69) is 20.7 Å². The zero-order valence-corrected chi connectivity index (χ0v) is 11.6. The van der Waals surface area contributed by atoms with E-state index in [0.29, 0.717) is 5.76 Å². The first-order valence-electron chi connectivity index (χ1n) is 5.58. The van der Waals surface area contributed by atoms with Crippen molar-refractivity contribution in [2.24, 2.45) is 0 Å². The Morgan fingerprint density at radius 1 is 1.55 bits per heavy atom. The number of H-pyrrole nitrogens is 1. The molecule has 2 N–H and O–H groups in total. The summed E-state index contributed by atoms with van der Waals surface area (Å²) < 4.78 is 29.8. The van der Waals surface area contributed by atoms with Gasteiger partial charge in [0.15, 0.2) is 5.82 Å². The van der Waals surface area contributed by atoms with Gasteiger partial charge in [-0.3, -0.25) is 9.89 Å². The lowest BCUT2D eigenvalue weighted by atomic mass is 10.5. The van der Waals surface area contributed by atoms with Gasteiger partial charge < -0.3 is 9.84 Å². The Morgan fingerprint density at radius 2 is 2.30 bits per heavy atom. The molecule has 0 saturated carbocycles. The molecule has 0 saturated heterocycles. The fourth-order valence-electron chi connectivity index (χ4n) is 1.45. The Hall–Kier alpha value is -2.20. The van der Waals surface area contributed by atoms with Crippen LogP contribution in [0.5, 0.6) is 0 Å². The van der Waals surface area contributed by atoms with Gasteiger partial charge in [0.05, 0.1) is 12.7 Å². The third-order valence-electron chi connectivity index (χ3n) is 2.44. The first-order chi connectivity index (χ1) is 9.39. The predicted molar refractivity (Wildman–Crippen MR) is 68.3 cm³/mol. The number of amides is 1. The Balaban J connectivity index is 2.01. The second-order valence-corrected chi connectivity index (χ2v) is 6.11. The van der Waals surface area contributed by atoms with E-state index in [1.165, 1.54) is 25.5 Å². The van der Waals surface area contributed by atoms with Crippen molar-refractivity contribution < 1.29 is 17.7 Å². The highest BCUT2D eigenvalue weighted by Crippen LogP contribution is 2.12. The first kappa shape index (κ1) is 14.2. The molecule has 0 spiro atoms. The number of hydrogen-bond donors (Lipinski definition) is 2.